The van der Waals surface area contributed by atoms with Gasteiger partial charge < -0.3 is 9.64 Å². The van der Waals surface area contributed by atoms with Crippen LogP contribution in [0.2, 0.25) is 0 Å². The first kappa shape index (κ1) is 17.5. The van der Waals surface area contributed by atoms with Crippen LogP contribution in [0.4, 0.5) is 0 Å². The van der Waals surface area contributed by atoms with E-state index in [1.54, 1.807) is 0 Å². The van der Waals surface area contributed by atoms with E-state index in [9.17, 15) is 4.79 Å². The highest BCUT2D eigenvalue weighted by Crippen LogP contribution is 2.32. The van der Waals surface area contributed by atoms with Crippen molar-refractivity contribution in [2.75, 3.05) is 0 Å². The third-order valence-corrected chi connectivity index (χ3v) is 4.93. The van der Waals surface area contributed by atoms with Gasteiger partial charge in [0.15, 0.2) is 0 Å². The van der Waals surface area contributed by atoms with E-state index in [4.69, 9.17) is 4.74 Å². The highest BCUT2D eigenvalue weighted by molar-refractivity contribution is 5.94. The molecule has 0 aliphatic heterocycles. The molecule has 1 fully saturated rings. The molecule has 3 nitrogen and oxygen atoms in total. The quantitative estimate of drug-likeness (QED) is 0.718. The maximum atomic E-state index is 13.0. The Labute approximate surface area is 150 Å². The van der Waals surface area contributed by atoms with Crippen LogP contribution in [0.15, 0.2) is 54.6 Å². The average molecular weight is 337 g/mol. The fourth-order valence-corrected chi connectivity index (χ4v) is 2.93. The van der Waals surface area contributed by atoms with Gasteiger partial charge in [-0.3, -0.25) is 4.79 Å². The van der Waals surface area contributed by atoms with E-state index in [2.05, 4.69) is 25.7 Å². The van der Waals surface area contributed by atoms with E-state index in [-0.39, 0.29) is 11.9 Å². The molecule has 3 rings (SSSR count). The van der Waals surface area contributed by atoms with E-state index in [0.29, 0.717) is 18.6 Å². The van der Waals surface area contributed by atoms with Crippen LogP contribution in [-0.4, -0.2) is 22.9 Å². The van der Waals surface area contributed by atoms with Crippen molar-refractivity contribution in [2.24, 2.45) is 5.92 Å². The first-order chi connectivity index (χ1) is 12.1. The summed E-state index contributed by atoms with van der Waals surface area (Å²) < 4.78 is 5.76. The number of amides is 1. The fraction of sp³-hybridized carbons (Fsp3) is 0.409. The van der Waals surface area contributed by atoms with Crippen molar-refractivity contribution in [1.82, 2.24) is 4.90 Å². The Balaban J connectivity index is 1.65. The Morgan fingerprint density at radius 1 is 1.04 bits per heavy atom. The van der Waals surface area contributed by atoms with Gasteiger partial charge in [-0.2, -0.15) is 0 Å². The minimum absolute atomic E-state index is 0.152. The molecule has 0 radical (unpaired) electrons. The number of nitrogens with zero attached hydrogens (tertiary/aromatic N) is 1. The number of hydrogen-bond donors (Lipinski definition) is 0. The second-order valence-corrected chi connectivity index (χ2v) is 7.23. The van der Waals surface area contributed by atoms with Gasteiger partial charge in [-0.05, 0) is 55.5 Å². The van der Waals surface area contributed by atoms with Gasteiger partial charge in [0, 0.05) is 17.6 Å². The normalized spacial score (nSPS) is 15.0. The van der Waals surface area contributed by atoms with Crippen LogP contribution in [-0.2, 0) is 6.61 Å². The minimum atomic E-state index is 0.152. The first-order valence-electron chi connectivity index (χ1n) is 9.15. The van der Waals surface area contributed by atoms with Gasteiger partial charge in [-0.1, -0.05) is 44.2 Å². The lowest BCUT2D eigenvalue weighted by Gasteiger charge is -2.32. The minimum Gasteiger partial charge on any atom is -0.489 e. The molecule has 0 heterocycles. The molecular weight excluding hydrogens is 310 g/mol. The van der Waals surface area contributed by atoms with Crippen LogP contribution < -0.4 is 4.74 Å². The second kappa shape index (κ2) is 7.73. The van der Waals surface area contributed by atoms with Crippen LogP contribution in [0.25, 0.3) is 0 Å². The summed E-state index contributed by atoms with van der Waals surface area (Å²) in [5, 5.41) is 0. The number of benzene rings is 2. The molecule has 1 atom stereocenters. The number of ether oxygens (including phenoxy) is 1. The summed E-state index contributed by atoms with van der Waals surface area (Å²) in [5.41, 5.74) is 1.83. The summed E-state index contributed by atoms with van der Waals surface area (Å²) in [6.45, 7) is 7.02. The highest BCUT2D eigenvalue weighted by atomic mass is 16.5. The third-order valence-electron chi connectivity index (χ3n) is 4.93. The van der Waals surface area contributed by atoms with E-state index in [1.807, 2.05) is 54.6 Å². The van der Waals surface area contributed by atoms with Crippen LogP contribution in [0.5, 0.6) is 5.75 Å². The summed E-state index contributed by atoms with van der Waals surface area (Å²) in [6, 6.07) is 18.3. The lowest BCUT2D eigenvalue weighted by Crippen LogP contribution is -2.43. The van der Waals surface area contributed by atoms with Gasteiger partial charge in [-0.25, -0.2) is 0 Å². The standard InChI is InChI=1S/C22H27NO2/c1-16(2)17(3)23(20-13-14-20)22(24)19-11-9-18(10-12-19)15-25-21-7-5-4-6-8-21/h4-12,16-17,20H,13-15H2,1-3H3. The number of rotatable bonds is 7. The Morgan fingerprint density at radius 2 is 1.68 bits per heavy atom. The van der Waals surface area contributed by atoms with Crippen molar-refractivity contribution < 1.29 is 9.53 Å². The molecule has 25 heavy (non-hydrogen) atoms. The molecular formula is C22H27NO2. The number of para-hydroxylation sites is 1. The Bertz CT molecular complexity index is 690. The first-order valence-corrected chi connectivity index (χ1v) is 9.15. The van der Waals surface area contributed by atoms with Crippen LogP contribution in [0.1, 0.15) is 49.5 Å². The molecule has 2 aromatic rings. The zero-order valence-electron chi connectivity index (χ0n) is 15.3. The van der Waals surface area contributed by atoms with Crippen molar-refractivity contribution in [3.05, 3.63) is 65.7 Å². The monoisotopic (exact) mass is 337 g/mol. The molecule has 1 aliphatic carbocycles. The van der Waals surface area contributed by atoms with Crippen molar-refractivity contribution in [3.8, 4) is 5.75 Å². The molecule has 0 saturated heterocycles. The molecule has 132 valence electrons. The van der Waals surface area contributed by atoms with Crippen molar-refractivity contribution >= 4 is 5.91 Å². The van der Waals surface area contributed by atoms with Gasteiger partial charge >= 0.3 is 0 Å². The Kier molecular flexibility index (Phi) is 5.42. The van der Waals surface area contributed by atoms with Crippen LogP contribution in [0, 0.1) is 5.92 Å². The van der Waals surface area contributed by atoms with Gasteiger partial charge in [0.05, 0.1) is 0 Å². The molecule has 0 spiro atoms. The second-order valence-electron chi connectivity index (χ2n) is 7.23. The van der Waals surface area contributed by atoms with Crippen molar-refractivity contribution in [1.29, 1.82) is 0 Å². The molecule has 0 aromatic heterocycles. The lowest BCUT2D eigenvalue weighted by molar-refractivity contribution is 0.0628. The molecule has 3 heteroatoms. The zero-order chi connectivity index (χ0) is 17.8. The molecule has 1 amide bonds. The summed E-state index contributed by atoms with van der Waals surface area (Å²) in [4.78, 5) is 15.0. The SMILES string of the molecule is CC(C)C(C)N(C(=O)c1ccc(COc2ccccc2)cc1)C1CC1. The molecule has 2 aromatic carbocycles. The van der Waals surface area contributed by atoms with Crippen LogP contribution in [0.3, 0.4) is 0 Å². The number of hydrogen-bond acceptors (Lipinski definition) is 2. The Hall–Kier alpha value is -2.29. The molecule has 1 aliphatic rings. The summed E-state index contributed by atoms with van der Waals surface area (Å²) >= 11 is 0. The molecule has 0 bridgehead atoms. The van der Waals surface area contributed by atoms with Gasteiger partial charge in [0.25, 0.3) is 5.91 Å². The van der Waals surface area contributed by atoms with Gasteiger partial charge in [0.2, 0.25) is 0 Å². The van der Waals surface area contributed by atoms with E-state index in [1.165, 1.54) is 0 Å². The average Bonchev–Trinajstić information content (AvgIpc) is 3.46. The predicted molar refractivity (Wildman–Crippen MR) is 101 cm³/mol. The maximum absolute atomic E-state index is 13.0. The smallest absolute Gasteiger partial charge is 0.254 e. The van der Waals surface area contributed by atoms with Gasteiger partial charge in [-0.15, -0.1) is 0 Å². The number of carbonyl (C=O) groups is 1. The van der Waals surface area contributed by atoms with E-state index < -0.39 is 0 Å². The van der Waals surface area contributed by atoms with E-state index >= 15 is 0 Å². The zero-order valence-corrected chi connectivity index (χ0v) is 15.3. The lowest BCUT2D eigenvalue weighted by atomic mass is 10.0. The van der Waals surface area contributed by atoms with E-state index in [0.717, 1.165) is 29.7 Å². The largest absolute Gasteiger partial charge is 0.489 e. The highest BCUT2D eigenvalue weighted by Gasteiger charge is 2.36. The molecule has 0 N–H and O–H groups in total. The fourth-order valence-electron chi connectivity index (χ4n) is 2.93. The Morgan fingerprint density at radius 3 is 2.24 bits per heavy atom. The van der Waals surface area contributed by atoms with Crippen molar-refractivity contribution in [3.63, 3.8) is 0 Å². The number of carbonyl (C=O) groups excluding carboxylic acids is 1. The third kappa shape index (κ3) is 4.41. The maximum Gasteiger partial charge on any atom is 0.254 e. The molecule has 1 saturated carbocycles. The topological polar surface area (TPSA) is 29.5 Å². The molecule has 1 unspecified atom stereocenters. The van der Waals surface area contributed by atoms with Gasteiger partial charge in [0.1, 0.15) is 12.4 Å². The van der Waals surface area contributed by atoms with Crippen molar-refractivity contribution in [2.45, 2.75) is 52.3 Å². The summed E-state index contributed by atoms with van der Waals surface area (Å²) in [5.74, 6) is 1.47. The summed E-state index contributed by atoms with van der Waals surface area (Å²) in [6.07, 6.45) is 2.26. The summed E-state index contributed by atoms with van der Waals surface area (Å²) in [7, 11) is 0. The van der Waals surface area contributed by atoms with Crippen LogP contribution >= 0.6 is 0 Å². The predicted octanol–water partition coefficient (Wildman–Crippen LogP) is 4.91.